The third-order valence-corrected chi connectivity index (χ3v) is 9.84. The molecule has 0 heterocycles. The van der Waals surface area contributed by atoms with Crippen molar-refractivity contribution in [1.29, 1.82) is 0 Å². The van der Waals surface area contributed by atoms with Gasteiger partial charge in [-0.05, 0) is 99.4 Å². The zero-order valence-electron chi connectivity index (χ0n) is 56.2. The summed E-state index contributed by atoms with van der Waals surface area (Å²) >= 11 is 3.19. The largest absolute Gasteiger partial charge is 0.462 e. The SMILES string of the molecule is C.C.C=C(C)C(=O)OCOC(=O)C(=C)C.C=C(C)C(=O)OCOC(=O)C(=C)C.C=CC(=O)OCC(O)COC(=O)C=C.C=CC(=O)OCCC(C)OC(=O)C=C.C=CC(=O)OCCOC(=O)C=C.C=CC(=O)Oc1ccc(OC(=O)C=C)c(Br)c1.C=CC(=O)Oc1ccc(OC(=O)C=C)c(C)c1. The molecular formula is C72H89BrO29. The Labute approximate surface area is 601 Å². The molecule has 0 spiro atoms. The highest BCUT2D eigenvalue weighted by atomic mass is 79.9. The second-order valence-electron chi connectivity index (χ2n) is 17.8. The Bertz CT molecular complexity index is 3070. The van der Waals surface area contributed by atoms with Gasteiger partial charge in [0.05, 0.1) is 11.1 Å². The van der Waals surface area contributed by atoms with E-state index >= 15 is 0 Å². The molecule has 1 atom stereocenters. The van der Waals surface area contributed by atoms with Crippen LogP contribution in [0.1, 0.15) is 61.5 Å². The van der Waals surface area contributed by atoms with Crippen molar-refractivity contribution in [3.8, 4) is 23.0 Å². The van der Waals surface area contributed by atoms with Crippen molar-refractivity contribution in [3.63, 3.8) is 0 Å². The molecule has 0 aliphatic carbocycles. The number of aliphatic hydroxyl groups is 1. The Hall–Kier alpha value is -12.2. The molecule has 0 aliphatic rings. The minimum atomic E-state index is -1.04. The van der Waals surface area contributed by atoms with Crippen LogP contribution in [0.5, 0.6) is 23.0 Å². The number of rotatable bonds is 33. The van der Waals surface area contributed by atoms with Crippen LogP contribution >= 0.6 is 15.9 Å². The van der Waals surface area contributed by atoms with Crippen LogP contribution in [-0.4, -0.2) is 148 Å². The Morgan fingerprint density at radius 2 is 0.667 bits per heavy atom. The Balaban J connectivity index is -0.000000207. The number of hydrogen-bond acceptors (Lipinski definition) is 29. The van der Waals surface area contributed by atoms with E-state index in [-0.39, 0.29) is 76.3 Å². The van der Waals surface area contributed by atoms with Crippen LogP contribution < -0.4 is 18.9 Å². The van der Waals surface area contributed by atoms with Gasteiger partial charge in [0.25, 0.3) is 0 Å². The van der Waals surface area contributed by atoms with E-state index in [1.807, 2.05) is 0 Å². The molecule has 0 aliphatic heterocycles. The fourth-order valence-corrected chi connectivity index (χ4v) is 4.86. The average molecular weight is 1500 g/mol. The van der Waals surface area contributed by atoms with Crippen LogP contribution in [0.4, 0.5) is 0 Å². The third kappa shape index (κ3) is 60.2. The van der Waals surface area contributed by atoms with Crippen molar-refractivity contribution >= 4 is 99.5 Å². The molecule has 2 aromatic carbocycles. The maximum atomic E-state index is 11.0. The first-order valence-corrected chi connectivity index (χ1v) is 28.8. The lowest BCUT2D eigenvalue weighted by molar-refractivity contribution is -0.163. The molecule has 0 amide bonds. The van der Waals surface area contributed by atoms with Gasteiger partial charge in [-0.3, -0.25) is 0 Å². The first kappa shape index (κ1) is 103. The average Bonchev–Trinajstić information content (AvgIpc) is 0.871. The van der Waals surface area contributed by atoms with Gasteiger partial charge in [-0.15, -0.1) is 0 Å². The second-order valence-corrected chi connectivity index (χ2v) is 18.6. The van der Waals surface area contributed by atoms with Crippen LogP contribution in [0.2, 0.25) is 0 Å². The van der Waals surface area contributed by atoms with Gasteiger partial charge in [0.1, 0.15) is 61.6 Å². The van der Waals surface area contributed by atoms with Crippen molar-refractivity contribution in [2.75, 3.05) is 46.6 Å². The van der Waals surface area contributed by atoms with Crippen LogP contribution in [0.15, 0.2) is 216 Å². The molecule has 558 valence electrons. The Morgan fingerprint density at radius 1 is 0.392 bits per heavy atom. The summed E-state index contributed by atoms with van der Waals surface area (Å²) in [5.74, 6) is -6.48. The van der Waals surface area contributed by atoms with Gasteiger partial charge in [0.15, 0.2) is 0 Å². The number of ether oxygens (including phenoxy) is 14. The third-order valence-electron chi connectivity index (χ3n) is 9.22. The number of carbonyl (C=O) groups excluding carboxylic acids is 14. The highest BCUT2D eigenvalue weighted by Crippen LogP contribution is 2.29. The van der Waals surface area contributed by atoms with Crippen molar-refractivity contribution < 1.29 is 139 Å². The van der Waals surface area contributed by atoms with Gasteiger partial charge in [-0.2, -0.15) is 0 Å². The van der Waals surface area contributed by atoms with E-state index in [0.29, 0.717) is 39.5 Å². The molecule has 2 rings (SSSR count). The normalized spacial score (nSPS) is 9.11. The fraction of sp³-hybridized carbons (Fsp3) is 0.250. The lowest BCUT2D eigenvalue weighted by Crippen LogP contribution is -2.24. The van der Waals surface area contributed by atoms with Crippen LogP contribution in [0.3, 0.4) is 0 Å². The summed E-state index contributed by atoms with van der Waals surface area (Å²) in [5.41, 5.74) is 1.70. The monoisotopic (exact) mass is 1500 g/mol. The molecule has 1 unspecified atom stereocenters. The van der Waals surface area contributed by atoms with Gasteiger partial charge >= 0.3 is 83.6 Å². The molecule has 0 fully saturated rings. The van der Waals surface area contributed by atoms with Crippen molar-refractivity contribution in [3.05, 3.63) is 222 Å². The zero-order valence-corrected chi connectivity index (χ0v) is 57.8. The first-order chi connectivity index (χ1) is 46.9. The predicted octanol–water partition coefficient (Wildman–Crippen LogP) is 9.92. The van der Waals surface area contributed by atoms with Gasteiger partial charge in [-0.1, -0.05) is 107 Å². The zero-order chi connectivity index (χ0) is 77.9. The molecule has 0 saturated carbocycles. The van der Waals surface area contributed by atoms with E-state index in [9.17, 15) is 67.1 Å². The number of aryl methyl sites for hydroxylation is 1. The summed E-state index contributed by atoms with van der Waals surface area (Å²) < 4.78 is 65.7. The maximum Gasteiger partial charge on any atom is 0.335 e. The summed E-state index contributed by atoms with van der Waals surface area (Å²) in [6.07, 6.45) is 9.58. The number of benzene rings is 2. The van der Waals surface area contributed by atoms with E-state index in [1.54, 1.807) is 26.0 Å². The van der Waals surface area contributed by atoms with E-state index in [0.717, 1.165) is 60.8 Å². The van der Waals surface area contributed by atoms with E-state index in [4.69, 9.17) is 33.5 Å². The number of halogens is 1. The van der Waals surface area contributed by atoms with Crippen LogP contribution in [0, 0.1) is 6.92 Å². The quantitative estimate of drug-likeness (QED) is 0.0173. The van der Waals surface area contributed by atoms with Crippen LogP contribution in [0.25, 0.3) is 0 Å². The van der Waals surface area contributed by atoms with E-state index in [2.05, 4.69) is 146 Å². The highest BCUT2D eigenvalue weighted by Gasteiger charge is 2.13. The topological polar surface area (TPSA) is 388 Å². The molecule has 0 bridgehead atoms. The highest BCUT2D eigenvalue weighted by molar-refractivity contribution is 9.10. The van der Waals surface area contributed by atoms with Gasteiger partial charge < -0.3 is 71.4 Å². The standard InChI is InChI=1S/C13H12O4.C12H9BrO4.C10H14O4.C9H12O5.2C9H12O4.C8H10O4.2CH4/c1-4-12(14)16-10-6-7-11(9(3)8-10)17-13(15)5-2;1-3-11(14)16-8-5-6-10(9(13)7-8)17-12(15)4-2;1-4-9(11)13-7-6-8(3)14-10(12)5-2;1-3-8(11)13-5-7(10)6-14-9(12)4-2;2*1-6(2)8(10)12-5-13-9(11)7(3)4;1-3-7(9)11-5-6-12-8(10)4-2;;/h4-8H,1-2H2,3H3;3-7H,1-2H2;4-5,8H,1-2,6-7H2,3H3;3-4,7,10H,1-2,5-6H2;2*1,3,5H2,2,4H3;3-4H,1-2,5-6H2;2*1H4. The summed E-state index contributed by atoms with van der Waals surface area (Å²) in [5, 5.41) is 9.11. The molecule has 1 N–H and O–H groups in total. The first-order valence-electron chi connectivity index (χ1n) is 28.0. The van der Waals surface area contributed by atoms with Gasteiger partial charge in [-0.25, -0.2) is 67.1 Å². The van der Waals surface area contributed by atoms with Crippen molar-refractivity contribution in [1.82, 2.24) is 0 Å². The number of carbonyl (C=O) groups is 14. The summed E-state index contributed by atoms with van der Waals surface area (Å²) in [6, 6.07) is 9.16. The summed E-state index contributed by atoms with van der Waals surface area (Å²) in [6.45, 7) is 54.2. The minimum absolute atomic E-state index is 0. The summed E-state index contributed by atoms with van der Waals surface area (Å²) in [4.78, 5) is 150. The number of aliphatic hydroxyl groups excluding tert-OH is 1. The molecule has 29 nitrogen and oxygen atoms in total. The van der Waals surface area contributed by atoms with Crippen molar-refractivity contribution in [2.24, 2.45) is 0 Å². The Morgan fingerprint density at radius 3 is 0.961 bits per heavy atom. The molecule has 30 heteroatoms. The summed E-state index contributed by atoms with van der Waals surface area (Å²) in [7, 11) is 0. The Kier molecular flexibility index (Phi) is 64.4. The van der Waals surface area contributed by atoms with E-state index in [1.165, 1.54) is 52.0 Å². The molecule has 102 heavy (non-hydrogen) atoms. The maximum absolute atomic E-state index is 11.0. The molecule has 0 saturated heterocycles. The fourth-order valence-electron chi connectivity index (χ4n) is 4.42. The molecule has 0 aromatic heterocycles. The van der Waals surface area contributed by atoms with Gasteiger partial charge in [0, 0.05) is 89.5 Å². The predicted molar refractivity (Wildman–Crippen MR) is 378 cm³/mol. The number of hydrogen-bond donors (Lipinski definition) is 1. The lowest BCUT2D eigenvalue weighted by Gasteiger charge is -2.11. The number of esters is 14. The van der Waals surface area contributed by atoms with Crippen molar-refractivity contribution in [2.45, 2.75) is 75.0 Å². The van der Waals surface area contributed by atoms with Crippen LogP contribution in [-0.2, 0) is 114 Å². The van der Waals surface area contributed by atoms with Gasteiger partial charge in [0.2, 0.25) is 13.6 Å². The molecule has 0 radical (unpaired) electrons. The smallest absolute Gasteiger partial charge is 0.335 e. The molecular weight excluding hydrogens is 1410 g/mol. The van der Waals surface area contributed by atoms with E-state index < -0.39 is 103 Å². The minimum Gasteiger partial charge on any atom is -0.462 e. The lowest BCUT2D eigenvalue weighted by atomic mass is 10.2. The second kappa shape index (κ2) is 63.6. The molecule has 2 aromatic rings.